The maximum absolute atomic E-state index is 11.1. The highest BCUT2D eigenvalue weighted by Crippen LogP contribution is 2.26. The molecule has 2 unspecified atom stereocenters. The van der Waals surface area contributed by atoms with Crippen molar-refractivity contribution in [2.24, 2.45) is 5.92 Å². The van der Waals surface area contributed by atoms with E-state index >= 15 is 0 Å². The number of alkyl halides is 1. The quantitative estimate of drug-likeness (QED) is 0.492. The van der Waals surface area contributed by atoms with E-state index in [1.54, 1.807) is 5.94 Å². The number of rotatable bonds is 1. The lowest BCUT2D eigenvalue weighted by atomic mass is 9.88. The molecule has 1 fully saturated rings. The predicted octanol–water partition coefficient (Wildman–Crippen LogP) is 1.51. The monoisotopic (exact) mass is 216 g/mol. The highest BCUT2D eigenvalue weighted by Gasteiger charge is 2.24. The van der Waals surface area contributed by atoms with Crippen molar-refractivity contribution in [2.75, 3.05) is 0 Å². The fourth-order valence-electron chi connectivity index (χ4n) is 1.25. The summed E-state index contributed by atoms with van der Waals surface area (Å²) in [5.41, 5.74) is 0. The van der Waals surface area contributed by atoms with Gasteiger partial charge in [-0.25, -0.2) is 4.79 Å². The Labute approximate surface area is 73.8 Å². The van der Waals surface area contributed by atoms with Gasteiger partial charge in [-0.15, -0.1) is 0 Å². The first kappa shape index (κ1) is 8.69. The Kier molecular flexibility index (Phi) is 3.03. The van der Waals surface area contributed by atoms with Crippen molar-refractivity contribution in [1.29, 1.82) is 0 Å². The standard InChI is InChI=1S/C8H9BrO2/c9-7-2-1-6(3-4-10)5-8(7)11/h3,6-7H,1-2,5H2. The molecule has 11 heavy (non-hydrogen) atoms. The number of halogens is 1. The molecule has 0 amide bonds. The van der Waals surface area contributed by atoms with Crippen LogP contribution in [-0.2, 0) is 9.59 Å². The molecule has 0 aliphatic heterocycles. The van der Waals surface area contributed by atoms with Gasteiger partial charge in [0.25, 0.3) is 0 Å². The van der Waals surface area contributed by atoms with Gasteiger partial charge in [-0.3, -0.25) is 4.79 Å². The lowest BCUT2D eigenvalue weighted by molar-refractivity contribution is -0.120. The highest BCUT2D eigenvalue weighted by atomic mass is 79.9. The molecular weight excluding hydrogens is 208 g/mol. The van der Waals surface area contributed by atoms with Crippen molar-refractivity contribution >= 4 is 27.7 Å². The third-order valence-electron chi connectivity index (χ3n) is 1.91. The second kappa shape index (κ2) is 3.84. The van der Waals surface area contributed by atoms with E-state index in [1.807, 2.05) is 0 Å². The van der Waals surface area contributed by atoms with Crippen LogP contribution >= 0.6 is 15.9 Å². The van der Waals surface area contributed by atoms with E-state index in [0.29, 0.717) is 6.42 Å². The van der Waals surface area contributed by atoms with Gasteiger partial charge in [0.2, 0.25) is 0 Å². The fraction of sp³-hybridized carbons (Fsp3) is 0.625. The normalized spacial score (nSPS) is 31.2. The molecule has 1 aliphatic carbocycles. The molecule has 0 N–H and O–H groups in total. The minimum atomic E-state index is 0.0128. The Hall–Kier alpha value is -0.400. The van der Waals surface area contributed by atoms with Gasteiger partial charge in [0.05, 0.1) is 4.83 Å². The molecule has 0 bridgehead atoms. The number of carbonyl (C=O) groups is 1. The predicted molar refractivity (Wildman–Crippen MR) is 45.3 cm³/mol. The van der Waals surface area contributed by atoms with Gasteiger partial charge in [-0.1, -0.05) is 15.9 Å². The molecule has 0 aromatic rings. The van der Waals surface area contributed by atoms with Gasteiger partial charge in [-0.2, -0.15) is 0 Å². The van der Waals surface area contributed by atoms with E-state index in [-0.39, 0.29) is 16.5 Å². The van der Waals surface area contributed by atoms with Crippen molar-refractivity contribution in [3.8, 4) is 0 Å². The summed E-state index contributed by atoms with van der Waals surface area (Å²) < 4.78 is 0. The first-order valence-electron chi connectivity index (χ1n) is 3.62. The average Bonchev–Trinajstić information content (AvgIpc) is 1.98. The number of hydrogen-bond donors (Lipinski definition) is 0. The summed E-state index contributed by atoms with van der Waals surface area (Å²) in [6.07, 6.45) is 3.69. The molecule has 0 radical (unpaired) electrons. The lowest BCUT2D eigenvalue weighted by Gasteiger charge is -2.20. The lowest BCUT2D eigenvalue weighted by Crippen LogP contribution is -2.23. The van der Waals surface area contributed by atoms with Crippen molar-refractivity contribution in [2.45, 2.75) is 24.1 Å². The van der Waals surface area contributed by atoms with Crippen molar-refractivity contribution < 1.29 is 9.59 Å². The molecular formula is C8H9BrO2. The molecule has 0 aromatic heterocycles. The van der Waals surface area contributed by atoms with Crippen LogP contribution in [0.25, 0.3) is 0 Å². The molecule has 2 nitrogen and oxygen atoms in total. The van der Waals surface area contributed by atoms with Crippen LogP contribution in [0.2, 0.25) is 0 Å². The summed E-state index contributed by atoms with van der Waals surface area (Å²) in [4.78, 5) is 21.1. The minimum Gasteiger partial charge on any atom is -0.298 e. The Balaban J connectivity index is 2.52. The summed E-state index contributed by atoms with van der Waals surface area (Å²) in [5, 5.41) is 0. The molecule has 0 saturated heterocycles. The third kappa shape index (κ3) is 2.28. The number of Topliss-reactive ketones (excluding diaryl/α,β-unsaturated/α-hetero) is 1. The van der Waals surface area contributed by atoms with E-state index in [1.165, 1.54) is 6.08 Å². The molecule has 2 atom stereocenters. The van der Waals surface area contributed by atoms with Crippen molar-refractivity contribution in [1.82, 2.24) is 0 Å². The number of hydrogen-bond acceptors (Lipinski definition) is 2. The summed E-state index contributed by atoms with van der Waals surface area (Å²) in [6.45, 7) is 0. The van der Waals surface area contributed by atoms with Gasteiger partial charge in [0.1, 0.15) is 11.7 Å². The first-order chi connectivity index (χ1) is 5.24. The maximum Gasteiger partial charge on any atom is 0.147 e. The molecule has 0 spiro atoms. The van der Waals surface area contributed by atoms with Gasteiger partial charge in [0, 0.05) is 12.5 Å². The van der Waals surface area contributed by atoms with Crippen molar-refractivity contribution in [3.63, 3.8) is 0 Å². The van der Waals surface area contributed by atoms with Crippen LogP contribution in [0.5, 0.6) is 0 Å². The number of allylic oxidation sites excluding steroid dienone is 1. The summed E-state index contributed by atoms with van der Waals surface area (Å²) in [7, 11) is 0. The SMILES string of the molecule is O=C=CC1CCC(Br)C(=O)C1. The zero-order chi connectivity index (χ0) is 8.27. The van der Waals surface area contributed by atoms with E-state index in [9.17, 15) is 9.59 Å². The van der Waals surface area contributed by atoms with Gasteiger partial charge in [-0.05, 0) is 18.8 Å². The van der Waals surface area contributed by atoms with Crippen molar-refractivity contribution in [3.05, 3.63) is 6.08 Å². The molecule has 1 saturated carbocycles. The van der Waals surface area contributed by atoms with Crippen LogP contribution in [0.1, 0.15) is 19.3 Å². The second-order valence-electron chi connectivity index (χ2n) is 2.76. The van der Waals surface area contributed by atoms with Crippen LogP contribution in [0, 0.1) is 5.92 Å². The molecule has 0 heterocycles. The summed E-state index contributed by atoms with van der Waals surface area (Å²) in [5.74, 6) is 2.07. The van der Waals surface area contributed by atoms with Crippen LogP contribution in [-0.4, -0.2) is 16.6 Å². The average molecular weight is 217 g/mol. The Morgan fingerprint density at radius 3 is 2.82 bits per heavy atom. The van der Waals surface area contributed by atoms with Crippen LogP contribution < -0.4 is 0 Å². The van der Waals surface area contributed by atoms with E-state index in [2.05, 4.69) is 15.9 Å². The van der Waals surface area contributed by atoms with E-state index < -0.39 is 0 Å². The zero-order valence-corrected chi connectivity index (χ0v) is 7.63. The maximum atomic E-state index is 11.1. The first-order valence-corrected chi connectivity index (χ1v) is 4.53. The van der Waals surface area contributed by atoms with Crippen LogP contribution in [0.3, 0.4) is 0 Å². The largest absolute Gasteiger partial charge is 0.298 e. The Bertz CT molecular complexity index is 206. The van der Waals surface area contributed by atoms with Gasteiger partial charge >= 0.3 is 0 Å². The molecule has 0 aromatic carbocycles. The minimum absolute atomic E-state index is 0.0128. The Morgan fingerprint density at radius 1 is 1.55 bits per heavy atom. The summed E-state index contributed by atoms with van der Waals surface area (Å²) >= 11 is 3.27. The highest BCUT2D eigenvalue weighted by molar-refractivity contribution is 9.10. The Morgan fingerprint density at radius 2 is 2.27 bits per heavy atom. The fourth-order valence-corrected chi connectivity index (χ4v) is 1.70. The third-order valence-corrected chi connectivity index (χ3v) is 2.88. The van der Waals surface area contributed by atoms with E-state index in [4.69, 9.17) is 0 Å². The van der Waals surface area contributed by atoms with Gasteiger partial charge < -0.3 is 0 Å². The van der Waals surface area contributed by atoms with Crippen LogP contribution in [0.15, 0.2) is 6.08 Å². The molecule has 60 valence electrons. The molecule has 3 heteroatoms. The van der Waals surface area contributed by atoms with Crippen LogP contribution in [0.4, 0.5) is 0 Å². The smallest absolute Gasteiger partial charge is 0.147 e. The molecule has 1 rings (SSSR count). The zero-order valence-electron chi connectivity index (χ0n) is 6.05. The van der Waals surface area contributed by atoms with Gasteiger partial charge in [0.15, 0.2) is 0 Å². The number of carbonyl (C=O) groups excluding carboxylic acids is 2. The van der Waals surface area contributed by atoms with E-state index in [0.717, 1.165) is 12.8 Å². The summed E-state index contributed by atoms with van der Waals surface area (Å²) in [6, 6.07) is 0. The molecule has 1 aliphatic rings. The number of ketones is 1. The topological polar surface area (TPSA) is 34.1 Å². The second-order valence-corrected chi connectivity index (χ2v) is 3.87.